The first-order valence-electron chi connectivity index (χ1n) is 9.23. The highest BCUT2D eigenvalue weighted by Gasteiger charge is 2.38. The van der Waals surface area contributed by atoms with Crippen LogP contribution in [0.4, 0.5) is 18.9 Å². The highest BCUT2D eigenvalue weighted by Crippen LogP contribution is 2.16. The van der Waals surface area contributed by atoms with Gasteiger partial charge in [-0.25, -0.2) is 4.79 Å². The van der Waals surface area contributed by atoms with E-state index in [1.54, 1.807) is 7.11 Å². The monoisotopic (exact) mass is 441 g/mol. The maximum Gasteiger partial charge on any atom is 0.490 e. The number of alkyl halides is 3. The normalized spacial score (nSPS) is 12.4. The molecule has 2 rings (SSSR count). The first-order chi connectivity index (χ1) is 14.6. The number of benzene rings is 2. The summed E-state index contributed by atoms with van der Waals surface area (Å²) in [7, 11) is 1.63. The third-order valence-electron chi connectivity index (χ3n) is 4.15. The zero-order chi connectivity index (χ0) is 23.4. The summed E-state index contributed by atoms with van der Waals surface area (Å²) in [4.78, 5) is 13.2. The van der Waals surface area contributed by atoms with Gasteiger partial charge in [-0.05, 0) is 48.7 Å². The Morgan fingerprint density at radius 3 is 2.26 bits per heavy atom. The first kappa shape index (κ1) is 25.8. The van der Waals surface area contributed by atoms with Gasteiger partial charge in [-0.1, -0.05) is 24.3 Å². The Morgan fingerprint density at radius 1 is 1.19 bits per heavy atom. The van der Waals surface area contributed by atoms with E-state index >= 15 is 0 Å². The van der Waals surface area contributed by atoms with E-state index in [4.69, 9.17) is 20.4 Å². The molecule has 0 aliphatic rings. The zero-order valence-electron chi connectivity index (χ0n) is 17.2. The van der Waals surface area contributed by atoms with Gasteiger partial charge in [0.2, 0.25) is 0 Å². The number of carboxylic acid groups (broad SMARTS) is 1. The van der Waals surface area contributed by atoms with E-state index in [0.717, 1.165) is 17.9 Å². The molecule has 0 heterocycles. The predicted octanol–water partition coefficient (Wildman–Crippen LogP) is 3.21. The third-order valence-corrected chi connectivity index (χ3v) is 4.15. The summed E-state index contributed by atoms with van der Waals surface area (Å²) in [6.45, 7) is 2.63. The SMILES string of the molecule is COc1ccc(NC(N)=NCC(CO)Cc2ccccc2C)cc1.O=C(O)C(F)(F)F. The molecule has 170 valence electrons. The van der Waals surface area contributed by atoms with Gasteiger partial charge in [0.15, 0.2) is 5.96 Å². The second kappa shape index (κ2) is 12.4. The number of carboxylic acids is 1. The molecule has 2 aromatic rings. The summed E-state index contributed by atoms with van der Waals surface area (Å²) < 4.78 is 36.9. The zero-order valence-corrected chi connectivity index (χ0v) is 17.2. The molecule has 0 aromatic heterocycles. The van der Waals surface area contributed by atoms with Crippen molar-refractivity contribution in [3.8, 4) is 5.75 Å². The summed E-state index contributed by atoms with van der Waals surface area (Å²) in [6.07, 6.45) is -4.30. The van der Waals surface area contributed by atoms with Gasteiger partial charge in [-0.2, -0.15) is 13.2 Å². The van der Waals surface area contributed by atoms with E-state index in [1.165, 1.54) is 11.1 Å². The third kappa shape index (κ3) is 9.85. The fourth-order valence-corrected chi connectivity index (χ4v) is 2.43. The average Bonchev–Trinajstić information content (AvgIpc) is 2.72. The molecule has 31 heavy (non-hydrogen) atoms. The number of carbonyl (C=O) groups is 1. The molecule has 0 amide bonds. The van der Waals surface area contributed by atoms with Crippen LogP contribution in [0.15, 0.2) is 53.5 Å². The second-order valence-corrected chi connectivity index (χ2v) is 6.56. The van der Waals surface area contributed by atoms with Crippen LogP contribution in [-0.4, -0.2) is 48.6 Å². The maximum atomic E-state index is 10.6. The molecule has 0 spiro atoms. The van der Waals surface area contributed by atoms with Crippen LogP contribution in [0.1, 0.15) is 11.1 Å². The van der Waals surface area contributed by atoms with E-state index in [-0.39, 0.29) is 12.5 Å². The molecular weight excluding hydrogens is 415 g/mol. The van der Waals surface area contributed by atoms with Crippen molar-refractivity contribution in [2.75, 3.05) is 25.6 Å². The van der Waals surface area contributed by atoms with Crippen molar-refractivity contribution in [1.82, 2.24) is 0 Å². The van der Waals surface area contributed by atoms with Crippen LogP contribution in [0.3, 0.4) is 0 Å². The summed E-state index contributed by atoms with van der Waals surface area (Å²) in [5, 5.41) is 19.8. The number of halogens is 3. The predicted molar refractivity (Wildman–Crippen MR) is 112 cm³/mol. The number of aliphatic hydroxyl groups is 1. The van der Waals surface area contributed by atoms with Gasteiger partial charge in [0.25, 0.3) is 0 Å². The second-order valence-electron chi connectivity index (χ2n) is 6.56. The highest BCUT2D eigenvalue weighted by atomic mass is 19.4. The number of anilines is 1. The van der Waals surface area contributed by atoms with Gasteiger partial charge in [0.1, 0.15) is 5.75 Å². The van der Waals surface area contributed by atoms with Crippen molar-refractivity contribution in [3.63, 3.8) is 0 Å². The van der Waals surface area contributed by atoms with Gasteiger partial charge < -0.3 is 26.0 Å². The molecule has 1 unspecified atom stereocenters. The molecule has 5 N–H and O–H groups in total. The Labute approximate surface area is 178 Å². The number of ether oxygens (including phenoxy) is 1. The van der Waals surface area contributed by atoms with E-state index in [9.17, 15) is 18.3 Å². The Balaban J connectivity index is 0.000000592. The van der Waals surface area contributed by atoms with Crippen LogP contribution in [0, 0.1) is 12.8 Å². The number of hydrogen-bond donors (Lipinski definition) is 4. The lowest BCUT2D eigenvalue weighted by Gasteiger charge is -2.14. The maximum absolute atomic E-state index is 10.6. The standard InChI is InChI=1S/C19H25N3O2.C2HF3O2/c1-14-5-3-4-6-16(14)11-15(13-23)12-21-19(20)22-17-7-9-18(24-2)10-8-17;3-2(4,5)1(6)7/h3-10,15,23H,11-13H2,1-2H3,(H3,20,21,22);(H,6,7). The van der Waals surface area contributed by atoms with E-state index in [1.807, 2.05) is 36.4 Å². The highest BCUT2D eigenvalue weighted by molar-refractivity contribution is 5.92. The van der Waals surface area contributed by atoms with E-state index < -0.39 is 12.1 Å². The lowest BCUT2D eigenvalue weighted by molar-refractivity contribution is -0.192. The summed E-state index contributed by atoms with van der Waals surface area (Å²) in [5.74, 6) is -1.59. The molecule has 1 atom stereocenters. The molecule has 0 saturated carbocycles. The lowest BCUT2D eigenvalue weighted by Crippen LogP contribution is -2.25. The number of methoxy groups -OCH3 is 1. The minimum Gasteiger partial charge on any atom is -0.497 e. The molecule has 0 bridgehead atoms. The number of rotatable bonds is 7. The first-order valence-corrected chi connectivity index (χ1v) is 9.23. The number of aryl methyl sites for hydroxylation is 1. The van der Waals surface area contributed by atoms with Crippen LogP contribution < -0.4 is 15.8 Å². The molecule has 2 aromatic carbocycles. The number of nitrogens with zero attached hydrogens (tertiary/aromatic N) is 1. The summed E-state index contributed by atoms with van der Waals surface area (Å²) in [6, 6.07) is 15.6. The number of aliphatic imine (C=N–C) groups is 1. The van der Waals surface area contributed by atoms with Gasteiger partial charge >= 0.3 is 12.1 Å². The molecule has 7 nitrogen and oxygen atoms in total. The topological polar surface area (TPSA) is 117 Å². The van der Waals surface area contributed by atoms with Crippen LogP contribution in [-0.2, 0) is 11.2 Å². The number of aliphatic carboxylic acids is 1. The number of guanidine groups is 1. The average molecular weight is 441 g/mol. The molecule has 0 fully saturated rings. The molecule has 0 aliphatic carbocycles. The quantitative estimate of drug-likeness (QED) is 0.387. The largest absolute Gasteiger partial charge is 0.497 e. The van der Waals surface area contributed by atoms with Crippen LogP contribution in [0.2, 0.25) is 0 Å². The Hall–Kier alpha value is -3.27. The van der Waals surface area contributed by atoms with Crippen molar-refractivity contribution in [2.45, 2.75) is 19.5 Å². The van der Waals surface area contributed by atoms with Gasteiger partial charge in [0.05, 0.1) is 7.11 Å². The number of aliphatic hydroxyl groups excluding tert-OH is 1. The van der Waals surface area contributed by atoms with Crippen LogP contribution in [0.5, 0.6) is 5.75 Å². The Morgan fingerprint density at radius 2 is 1.77 bits per heavy atom. The van der Waals surface area contributed by atoms with Crippen LogP contribution >= 0.6 is 0 Å². The number of hydrogen-bond acceptors (Lipinski definition) is 4. The van der Waals surface area contributed by atoms with E-state index in [2.05, 4.69) is 29.4 Å². The van der Waals surface area contributed by atoms with Gasteiger partial charge in [-0.15, -0.1) is 0 Å². The minimum absolute atomic E-state index is 0.0438. The van der Waals surface area contributed by atoms with Gasteiger partial charge in [0, 0.05) is 24.8 Å². The molecule has 0 saturated heterocycles. The van der Waals surface area contributed by atoms with Crippen molar-refractivity contribution in [2.24, 2.45) is 16.6 Å². The van der Waals surface area contributed by atoms with Crippen LogP contribution in [0.25, 0.3) is 0 Å². The summed E-state index contributed by atoms with van der Waals surface area (Å²) >= 11 is 0. The fraction of sp³-hybridized carbons (Fsp3) is 0.333. The fourth-order valence-electron chi connectivity index (χ4n) is 2.43. The van der Waals surface area contributed by atoms with Gasteiger partial charge in [-0.3, -0.25) is 4.99 Å². The Bertz CT molecular complexity index is 856. The van der Waals surface area contributed by atoms with Crippen molar-refractivity contribution in [1.29, 1.82) is 0 Å². The smallest absolute Gasteiger partial charge is 0.490 e. The minimum atomic E-state index is -5.08. The lowest BCUT2D eigenvalue weighted by atomic mass is 9.97. The van der Waals surface area contributed by atoms with Crippen molar-refractivity contribution in [3.05, 3.63) is 59.7 Å². The molecule has 0 radical (unpaired) electrons. The Kier molecular flexibility index (Phi) is 10.3. The summed E-state index contributed by atoms with van der Waals surface area (Å²) in [5.41, 5.74) is 9.23. The van der Waals surface area contributed by atoms with Crippen molar-refractivity contribution >= 4 is 17.6 Å². The number of nitrogens with two attached hydrogens (primary N) is 1. The number of nitrogens with one attached hydrogen (secondary N) is 1. The molecule has 0 aliphatic heterocycles. The van der Waals surface area contributed by atoms with E-state index in [0.29, 0.717) is 12.5 Å². The molecular formula is C21H26F3N3O4. The van der Waals surface area contributed by atoms with Crippen molar-refractivity contribution < 1.29 is 32.9 Å². The molecule has 10 heteroatoms.